The van der Waals surface area contributed by atoms with Gasteiger partial charge in [0.2, 0.25) is 0 Å². The van der Waals surface area contributed by atoms with Gasteiger partial charge in [0.15, 0.2) is 11.4 Å². The molecule has 0 aliphatic heterocycles. The lowest BCUT2D eigenvalue weighted by molar-refractivity contribution is -0.685. The number of aryl methyl sites for hydroxylation is 2. The van der Waals surface area contributed by atoms with Crippen molar-refractivity contribution in [1.82, 2.24) is 0 Å². The summed E-state index contributed by atoms with van der Waals surface area (Å²) in [5, 5.41) is 3.60. The number of thiophene rings is 1. The second kappa shape index (κ2) is 3.60. The maximum Gasteiger partial charge on any atom is 0.188 e. The van der Waals surface area contributed by atoms with Crippen LogP contribution in [0.3, 0.4) is 0 Å². The van der Waals surface area contributed by atoms with Gasteiger partial charge in [-0.05, 0) is 18.4 Å². The molecular formula is C13H18NS+. The third-order valence-corrected chi connectivity index (χ3v) is 4.23. The number of nitrogens with zero attached hydrogens (tertiary/aromatic N) is 1. The molecule has 1 nitrogen and oxygen atoms in total. The van der Waals surface area contributed by atoms with Gasteiger partial charge in [0.05, 0.1) is 5.39 Å². The Hall–Kier alpha value is -0.890. The Morgan fingerprint density at radius 3 is 2.53 bits per heavy atom. The Kier molecular flexibility index (Phi) is 2.55. The van der Waals surface area contributed by atoms with Gasteiger partial charge in [-0.15, -0.1) is 11.3 Å². The molecule has 0 N–H and O–H groups in total. The van der Waals surface area contributed by atoms with E-state index in [1.54, 1.807) is 0 Å². The molecule has 0 bridgehead atoms. The normalized spacial score (nSPS) is 11.6. The average molecular weight is 220 g/mol. The predicted octanol–water partition coefficient (Wildman–Crippen LogP) is 3.47. The van der Waals surface area contributed by atoms with Crippen LogP contribution >= 0.6 is 11.3 Å². The molecule has 2 rings (SSSR count). The van der Waals surface area contributed by atoms with Crippen molar-refractivity contribution in [2.45, 2.75) is 33.6 Å². The third-order valence-electron chi connectivity index (χ3n) is 3.19. The third kappa shape index (κ3) is 1.48. The number of hydrogen-bond acceptors (Lipinski definition) is 1. The van der Waals surface area contributed by atoms with Crippen molar-refractivity contribution >= 4 is 21.4 Å². The molecule has 2 aromatic heterocycles. The highest BCUT2D eigenvalue weighted by Crippen LogP contribution is 2.29. The van der Waals surface area contributed by atoms with E-state index in [1.165, 1.54) is 27.0 Å². The van der Waals surface area contributed by atoms with Crippen LogP contribution in [0.25, 0.3) is 10.1 Å². The lowest BCUT2D eigenvalue weighted by atomic mass is 10.0. The fraction of sp³-hybridized carbons (Fsp3) is 0.462. The van der Waals surface area contributed by atoms with E-state index in [0.29, 0.717) is 5.92 Å². The second-order valence-corrected chi connectivity index (χ2v) is 5.39. The Morgan fingerprint density at radius 2 is 1.93 bits per heavy atom. The lowest BCUT2D eigenvalue weighted by Gasteiger charge is -2.10. The Balaban J connectivity index is 2.92. The van der Waals surface area contributed by atoms with Crippen LogP contribution in [-0.4, -0.2) is 0 Å². The first-order valence-corrected chi connectivity index (χ1v) is 6.28. The molecule has 0 aliphatic carbocycles. The summed E-state index contributed by atoms with van der Waals surface area (Å²) < 4.78 is 3.80. The van der Waals surface area contributed by atoms with E-state index in [9.17, 15) is 0 Å². The van der Waals surface area contributed by atoms with Crippen LogP contribution < -0.4 is 4.57 Å². The van der Waals surface area contributed by atoms with Crippen molar-refractivity contribution in [2.75, 3.05) is 0 Å². The van der Waals surface area contributed by atoms with Crippen molar-refractivity contribution in [3.63, 3.8) is 0 Å². The van der Waals surface area contributed by atoms with E-state index in [0.717, 1.165) is 0 Å². The molecule has 2 heterocycles. The average Bonchev–Trinajstić information content (AvgIpc) is 2.62. The summed E-state index contributed by atoms with van der Waals surface area (Å²) >= 11 is 1.86. The van der Waals surface area contributed by atoms with Crippen molar-refractivity contribution < 1.29 is 4.57 Å². The molecule has 0 saturated carbocycles. The van der Waals surface area contributed by atoms with Crippen LogP contribution in [0.2, 0.25) is 0 Å². The quantitative estimate of drug-likeness (QED) is 0.648. The zero-order valence-electron chi connectivity index (χ0n) is 10.1. The summed E-state index contributed by atoms with van der Waals surface area (Å²) in [6.45, 7) is 8.98. The monoisotopic (exact) mass is 220 g/mol. The van der Waals surface area contributed by atoms with Crippen LogP contribution in [0.1, 0.15) is 36.7 Å². The van der Waals surface area contributed by atoms with Gasteiger partial charge in [0, 0.05) is 23.1 Å². The Morgan fingerprint density at radius 1 is 1.27 bits per heavy atom. The molecule has 0 radical (unpaired) electrons. The molecule has 0 amide bonds. The molecule has 0 atom stereocenters. The Labute approximate surface area is 95.4 Å². The van der Waals surface area contributed by atoms with Crippen molar-refractivity contribution in [3.8, 4) is 0 Å². The molecule has 0 fully saturated rings. The van der Waals surface area contributed by atoms with Gasteiger partial charge in [0.25, 0.3) is 0 Å². The SMILES string of the molecule is Cc1c(C(C)C)[n+](C)c(C)c2ccsc12. The topological polar surface area (TPSA) is 3.88 Å². The van der Waals surface area contributed by atoms with Gasteiger partial charge in [-0.25, -0.2) is 4.57 Å². The van der Waals surface area contributed by atoms with E-state index >= 15 is 0 Å². The fourth-order valence-corrected chi connectivity index (χ4v) is 3.40. The van der Waals surface area contributed by atoms with Gasteiger partial charge in [-0.2, -0.15) is 0 Å². The highest BCUT2D eigenvalue weighted by molar-refractivity contribution is 7.17. The minimum atomic E-state index is 0.584. The van der Waals surface area contributed by atoms with Gasteiger partial charge < -0.3 is 0 Å². The number of aromatic nitrogens is 1. The van der Waals surface area contributed by atoms with E-state index < -0.39 is 0 Å². The van der Waals surface area contributed by atoms with Crippen LogP contribution in [0.15, 0.2) is 11.4 Å². The molecule has 80 valence electrons. The van der Waals surface area contributed by atoms with E-state index in [4.69, 9.17) is 0 Å². The maximum atomic E-state index is 2.34. The highest BCUT2D eigenvalue weighted by Gasteiger charge is 2.21. The van der Waals surface area contributed by atoms with Gasteiger partial charge in [0.1, 0.15) is 7.05 Å². The summed E-state index contributed by atoms with van der Waals surface area (Å²) in [6, 6.07) is 2.23. The minimum Gasteiger partial charge on any atom is -0.202 e. The van der Waals surface area contributed by atoms with Gasteiger partial charge in [-0.3, -0.25) is 0 Å². The van der Waals surface area contributed by atoms with Gasteiger partial charge >= 0.3 is 0 Å². The van der Waals surface area contributed by atoms with Crippen LogP contribution in [0.5, 0.6) is 0 Å². The summed E-state index contributed by atoms with van der Waals surface area (Å²) in [7, 11) is 2.18. The minimum absolute atomic E-state index is 0.584. The number of rotatable bonds is 1. The fourth-order valence-electron chi connectivity index (χ4n) is 2.43. The number of hydrogen-bond donors (Lipinski definition) is 0. The van der Waals surface area contributed by atoms with E-state index in [-0.39, 0.29) is 0 Å². The Bertz CT molecular complexity index is 509. The zero-order valence-corrected chi connectivity index (χ0v) is 10.9. The highest BCUT2D eigenvalue weighted by atomic mass is 32.1. The van der Waals surface area contributed by atoms with Crippen molar-refractivity contribution in [1.29, 1.82) is 0 Å². The van der Waals surface area contributed by atoms with E-state index in [1.807, 2.05) is 11.3 Å². The predicted molar refractivity (Wildman–Crippen MR) is 66.6 cm³/mol. The maximum absolute atomic E-state index is 2.34. The summed E-state index contributed by atoms with van der Waals surface area (Å²) in [5.41, 5.74) is 4.28. The molecule has 0 spiro atoms. The van der Waals surface area contributed by atoms with Crippen LogP contribution in [0, 0.1) is 13.8 Å². The van der Waals surface area contributed by atoms with Crippen LogP contribution in [-0.2, 0) is 7.05 Å². The van der Waals surface area contributed by atoms with Gasteiger partial charge in [-0.1, -0.05) is 13.8 Å². The van der Waals surface area contributed by atoms with Crippen molar-refractivity contribution in [3.05, 3.63) is 28.4 Å². The molecular weight excluding hydrogens is 202 g/mol. The molecule has 2 heteroatoms. The summed E-state index contributed by atoms with van der Waals surface area (Å²) in [6.07, 6.45) is 0. The summed E-state index contributed by atoms with van der Waals surface area (Å²) in [5.74, 6) is 0.584. The van der Waals surface area contributed by atoms with E-state index in [2.05, 4.69) is 50.8 Å². The summed E-state index contributed by atoms with van der Waals surface area (Å²) in [4.78, 5) is 0. The largest absolute Gasteiger partial charge is 0.202 e. The molecule has 0 saturated heterocycles. The molecule has 2 aromatic rings. The first-order chi connectivity index (χ1) is 7.04. The first kappa shape index (κ1) is 10.6. The second-order valence-electron chi connectivity index (χ2n) is 4.47. The standard InChI is InChI=1S/C13H18NS/c1-8(2)12-9(3)13-11(6-7-15-13)10(4)14(12)5/h6-8H,1-5H3/q+1. The number of fused-ring (bicyclic) bond motifs is 1. The molecule has 0 unspecified atom stereocenters. The zero-order chi connectivity index (χ0) is 11.2. The molecule has 0 aliphatic rings. The first-order valence-electron chi connectivity index (χ1n) is 5.40. The van der Waals surface area contributed by atoms with Crippen LogP contribution in [0.4, 0.5) is 0 Å². The smallest absolute Gasteiger partial charge is 0.188 e. The number of pyridine rings is 1. The van der Waals surface area contributed by atoms with Crippen molar-refractivity contribution in [2.24, 2.45) is 7.05 Å². The molecule has 0 aromatic carbocycles. The lowest BCUT2D eigenvalue weighted by Crippen LogP contribution is -2.38. The molecule has 15 heavy (non-hydrogen) atoms.